The van der Waals surface area contributed by atoms with Crippen molar-refractivity contribution in [2.75, 3.05) is 11.9 Å². The number of rotatable bonds is 6. The Balaban J connectivity index is 0.00000261. The second-order valence-corrected chi connectivity index (χ2v) is 6.38. The molecule has 2 aromatic carbocycles. The van der Waals surface area contributed by atoms with Gasteiger partial charge in [-0.1, -0.05) is 35.9 Å². The number of hydrogen-bond donors (Lipinski definition) is 2. The zero-order valence-electron chi connectivity index (χ0n) is 15.7. The summed E-state index contributed by atoms with van der Waals surface area (Å²) in [6, 6.07) is 18.2. The molecular formula is C21H26IN5. The van der Waals surface area contributed by atoms with Crippen LogP contribution < -0.4 is 11.1 Å². The molecule has 3 aromatic rings. The molecule has 1 heterocycles. The number of nitrogens with zero attached hydrogens (tertiary/aromatic N) is 3. The molecule has 0 bridgehead atoms. The molecule has 142 valence electrons. The van der Waals surface area contributed by atoms with E-state index >= 15 is 0 Å². The van der Waals surface area contributed by atoms with E-state index in [1.807, 2.05) is 54.1 Å². The number of aryl methyl sites for hydroxylation is 3. The fourth-order valence-corrected chi connectivity index (χ4v) is 2.75. The Morgan fingerprint density at radius 2 is 1.78 bits per heavy atom. The number of aliphatic imine (C=N–C) groups is 1. The topological polar surface area (TPSA) is 68.2 Å². The minimum absolute atomic E-state index is 0. The Labute approximate surface area is 177 Å². The molecule has 27 heavy (non-hydrogen) atoms. The van der Waals surface area contributed by atoms with E-state index in [-0.39, 0.29) is 24.0 Å². The van der Waals surface area contributed by atoms with Crippen LogP contribution >= 0.6 is 24.0 Å². The van der Waals surface area contributed by atoms with Gasteiger partial charge in [0.15, 0.2) is 5.96 Å². The Morgan fingerprint density at radius 3 is 2.48 bits per heavy atom. The minimum Gasteiger partial charge on any atom is -0.370 e. The average Bonchev–Trinajstić information content (AvgIpc) is 3.02. The van der Waals surface area contributed by atoms with Gasteiger partial charge in [-0.25, -0.2) is 4.68 Å². The number of aromatic nitrogens is 2. The van der Waals surface area contributed by atoms with E-state index in [4.69, 9.17) is 5.73 Å². The maximum atomic E-state index is 5.96. The molecule has 1 aromatic heterocycles. The highest BCUT2D eigenvalue weighted by molar-refractivity contribution is 14.0. The van der Waals surface area contributed by atoms with Gasteiger partial charge >= 0.3 is 0 Å². The highest BCUT2D eigenvalue weighted by atomic mass is 127. The molecule has 0 amide bonds. The summed E-state index contributed by atoms with van der Waals surface area (Å²) in [7, 11) is 0. The van der Waals surface area contributed by atoms with Crippen LogP contribution in [0.1, 0.15) is 23.2 Å². The fraction of sp³-hybridized carbons (Fsp3) is 0.238. The van der Waals surface area contributed by atoms with Crippen LogP contribution in [0.25, 0.3) is 5.69 Å². The maximum absolute atomic E-state index is 5.96. The van der Waals surface area contributed by atoms with Gasteiger partial charge in [0.05, 0.1) is 11.4 Å². The SMILES string of the molecule is Cc1ccc(NC(N)=NCCCc2cn(-c3ccccc3)nc2C)cc1.I. The molecule has 0 radical (unpaired) electrons. The Kier molecular flexibility index (Phi) is 7.84. The van der Waals surface area contributed by atoms with Crippen molar-refractivity contribution in [3.63, 3.8) is 0 Å². The molecule has 3 rings (SSSR count). The third-order valence-electron chi connectivity index (χ3n) is 4.23. The Bertz CT molecular complexity index is 869. The van der Waals surface area contributed by atoms with Crippen LogP contribution in [0.5, 0.6) is 0 Å². The number of para-hydroxylation sites is 1. The first-order chi connectivity index (χ1) is 12.6. The third kappa shape index (κ3) is 6.09. The van der Waals surface area contributed by atoms with Crippen molar-refractivity contribution in [2.24, 2.45) is 10.7 Å². The van der Waals surface area contributed by atoms with E-state index in [1.54, 1.807) is 0 Å². The van der Waals surface area contributed by atoms with Crippen molar-refractivity contribution in [3.05, 3.63) is 77.6 Å². The van der Waals surface area contributed by atoms with Crippen molar-refractivity contribution in [3.8, 4) is 5.69 Å². The molecule has 0 atom stereocenters. The summed E-state index contributed by atoms with van der Waals surface area (Å²) in [5, 5.41) is 7.72. The summed E-state index contributed by atoms with van der Waals surface area (Å²) in [4.78, 5) is 4.41. The van der Waals surface area contributed by atoms with Crippen molar-refractivity contribution >= 4 is 35.6 Å². The molecule has 0 aliphatic carbocycles. The van der Waals surface area contributed by atoms with Gasteiger partial charge in [-0.05, 0) is 56.5 Å². The predicted molar refractivity (Wildman–Crippen MR) is 123 cm³/mol. The fourth-order valence-electron chi connectivity index (χ4n) is 2.75. The van der Waals surface area contributed by atoms with Crippen LogP contribution in [0.15, 0.2) is 65.8 Å². The molecule has 0 unspecified atom stereocenters. The largest absolute Gasteiger partial charge is 0.370 e. The summed E-state index contributed by atoms with van der Waals surface area (Å²) in [6.45, 7) is 4.79. The van der Waals surface area contributed by atoms with Crippen molar-refractivity contribution in [1.29, 1.82) is 0 Å². The number of anilines is 1. The predicted octanol–water partition coefficient (Wildman–Crippen LogP) is 4.47. The van der Waals surface area contributed by atoms with E-state index in [1.165, 1.54) is 11.1 Å². The zero-order chi connectivity index (χ0) is 18.4. The lowest BCUT2D eigenvalue weighted by Gasteiger charge is -2.05. The van der Waals surface area contributed by atoms with E-state index in [9.17, 15) is 0 Å². The number of halogens is 1. The monoisotopic (exact) mass is 475 g/mol. The first kappa shape index (κ1) is 21.0. The first-order valence-corrected chi connectivity index (χ1v) is 8.86. The summed E-state index contributed by atoms with van der Waals surface area (Å²) in [6.07, 6.45) is 3.96. The molecule has 0 saturated carbocycles. The normalized spacial score (nSPS) is 11.1. The van der Waals surface area contributed by atoms with Crippen LogP contribution in [0.3, 0.4) is 0 Å². The standard InChI is InChI=1S/C21H25N5.HI/c1-16-10-12-19(13-11-16)24-21(22)23-14-6-7-18-15-26(25-17(18)2)20-8-4-3-5-9-20;/h3-5,8-13,15H,6-7,14H2,1-2H3,(H3,22,23,24);1H. The lowest BCUT2D eigenvalue weighted by Crippen LogP contribution is -2.22. The summed E-state index contributed by atoms with van der Waals surface area (Å²) in [5.41, 5.74) is 11.5. The number of benzene rings is 2. The molecule has 0 aliphatic rings. The lowest BCUT2D eigenvalue weighted by molar-refractivity contribution is 0.827. The number of nitrogens with one attached hydrogen (secondary N) is 1. The van der Waals surface area contributed by atoms with Crippen LogP contribution in [0, 0.1) is 13.8 Å². The molecule has 0 spiro atoms. The van der Waals surface area contributed by atoms with Crippen molar-refractivity contribution in [1.82, 2.24) is 9.78 Å². The number of hydrogen-bond acceptors (Lipinski definition) is 2. The number of nitrogens with two attached hydrogens (primary N) is 1. The van der Waals surface area contributed by atoms with Crippen LogP contribution in [-0.4, -0.2) is 22.3 Å². The van der Waals surface area contributed by atoms with Crippen molar-refractivity contribution < 1.29 is 0 Å². The van der Waals surface area contributed by atoms with Gasteiger partial charge in [0.2, 0.25) is 0 Å². The Morgan fingerprint density at radius 1 is 1.07 bits per heavy atom. The highest BCUT2D eigenvalue weighted by Crippen LogP contribution is 2.13. The molecular weight excluding hydrogens is 449 g/mol. The van der Waals surface area contributed by atoms with E-state index in [2.05, 4.69) is 40.7 Å². The molecule has 5 nitrogen and oxygen atoms in total. The van der Waals surface area contributed by atoms with Gasteiger partial charge in [0.1, 0.15) is 0 Å². The quantitative estimate of drug-likeness (QED) is 0.239. The van der Waals surface area contributed by atoms with Crippen LogP contribution in [0.4, 0.5) is 5.69 Å². The van der Waals surface area contributed by atoms with Crippen molar-refractivity contribution in [2.45, 2.75) is 26.7 Å². The summed E-state index contributed by atoms with van der Waals surface area (Å²) >= 11 is 0. The minimum atomic E-state index is 0. The zero-order valence-corrected chi connectivity index (χ0v) is 18.1. The van der Waals surface area contributed by atoms with Gasteiger partial charge in [0.25, 0.3) is 0 Å². The maximum Gasteiger partial charge on any atom is 0.193 e. The second-order valence-electron chi connectivity index (χ2n) is 6.38. The number of guanidine groups is 1. The molecule has 0 fully saturated rings. The molecule has 3 N–H and O–H groups in total. The van der Waals surface area contributed by atoms with E-state index in [0.29, 0.717) is 12.5 Å². The molecule has 6 heteroatoms. The molecule has 0 aliphatic heterocycles. The second kappa shape index (κ2) is 10.1. The third-order valence-corrected chi connectivity index (χ3v) is 4.23. The van der Waals surface area contributed by atoms with Gasteiger partial charge in [0, 0.05) is 18.4 Å². The highest BCUT2D eigenvalue weighted by Gasteiger charge is 2.06. The van der Waals surface area contributed by atoms with Crippen LogP contribution in [0.2, 0.25) is 0 Å². The smallest absolute Gasteiger partial charge is 0.193 e. The van der Waals surface area contributed by atoms with Gasteiger partial charge in [-0.3, -0.25) is 4.99 Å². The van der Waals surface area contributed by atoms with Gasteiger partial charge in [-0.15, -0.1) is 24.0 Å². The van der Waals surface area contributed by atoms with Gasteiger partial charge in [-0.2, -0.15) is 5.10 Å². The first-order valence-electron chi connectivity index (χ1n) is 8.86. The van der Waals surface area contributed by atoms with E-state index < -0.39 is 0 Å². The van der Waals surface area contributed by atoms with E-state index in [0.717, 1.165) is 29.9 Å². The van der Waals surface area contributed by atoms with Crippen LogP contribution in [-0.2, 0) is 6.42 Å². The van der Waals surface area contributed by atoms with Gasteiger partial charge < -0.3 is 11.1 Å². The summed E-state index contributed by atoms with van der Waals surface area (Å²) in [5.74, 6) is 0.450. The summed E-state index contributed by atoms with van der Waals surface area (Å²) < 4.78 is 1.93. The lowest BCUT2D eigenvalue weighted by atomic mass is 10.1. The Hall–Kier alpha value is -2.35. The molecule has 0 saturated heterocycles. The average molecular weight is 475 g/mol.